The summed E-state index contributed by atoms with van der Waals surface area (Å²) in [6, 6.07) is 10.0. The van der Waals surface area contributed by atoms with Gasteiger partial charge in [-0.2, -0.15) is 18.2 Å². The first kappa shape index (κ1) is 26.4. The van der Waals surface area contributed by atoms with E-state index in [1.807, 2.05) is 30.3 Å². The SMILES string of the molecule is C[SiH]C.[Cl-].[Cl-].[NH-]C(=O)C1CC2CCC1C2.[Zr+4].c1cc[cH-]c1. The van der Waals surface area contributed by atoms with Gasteiger partial charge in [0.25, 0.3) is 0 Å². The molecular formula is C15H24Cl2NOSiZr. The van der Waals surface area contributed by atoms with Crippen LogP contribution in [0.25, 0.3) is 5.73 Å². The van der Waals surface area contributed by atoms with Crippen molar-refractivity contribution >= 4 is 15.4 Å². The van der Waals surface area contributed by atoms with Gasteiger partial charge in [-0.05, 0) is 31.1 Å². The van der Waals surface area contributed by atoms with Gasteiger partial charge in [0.1, 0.15) is 0 Å². The van der Waals surface area contributed by atoms with Crippen LogP contribution in [0.15, 0.2) is 30.3 Å². The Labute approximate surface area is 163 Å². The van der Waals surface area contributed by atoms with Crippen LogP contribution in [-0.4, -0.2) is 15.4 Å². The van der Waals surface area contributed by atoms with Crippen LogP contribution in [0.1, 0.15) is 25.7 Å². The normalized spacial score (nSPS) is 23.8. The number of halogens is 2. The van der Waals surface area contributed by atoms with Gasteiger partial charge in [0.2, 0.25) is 0 Å². The van der Waals surface area contributed by atoms with Gasteiger partial charge in [-0.15, -0.1) is 0 Å². The molecular weight excluding hydrogens is 400 g/mol. The first-order valence-electron chi connectivity index (χ1n) is 6.85. The molecule has 1 radical (unpaired) electrons. The van der Waals surface area contributed by atoms with Crippen molar-refractivity contribution < 1.29 is 55.8 Å². The van der Waals surface area contributed by atoms with E-state index >= 15 is 0 Å². The van der Waals surface area contributed by atoms with Crippen molar-refractivity contribution in [1.82, 2.24) is 0 Å². The molecule has 1 aromatic rings. The number of fused-ring (bicyclic) bond motifs is 2. The van der Waals surface area contributed by atoms with Crippen molar-refractivity contribution in [1.29, 1.82) is 0 Å². The van der Waals surface area contributed by atoms with Gasteiger partial charge < -0.3 is 35.3 Å². The molecule has 2 aliphatic carbocycles. The molecule has 0 aromatic heterocycles. The van der Waals surface area contributed by atoms with E-state index in [2.05, 4.69) is 13.1 Å². The maximum atomic E-state index is 10.7. The summed E-state index contributed by atoms with van der Waals surface area (Å²) in [6.45, 7) is 4.42. The fraction of sp³-hybridized carbons (Fsp3) is 0.600. The zero-order chi connectivity index (χ0) is 13.4. The monoisotopic (exact) mass is 422 g/mol. The summed E-state index contributed by atoms with van der Waals surface area (Å²) in [4.78, 5) is 10.7. The Balaban J connectivity index is -0.000000256. The quantitative estimate of drug-likeness (QED) is 0.377. The number of amides is 1. The van der Waals surface area contributed by atoms with Gasteiger partial charge in [0.05, 0.1) is 5.91 Å². The minimum atomic E-state index is -0.313. The molecule has 2 bridgehead atoms. The zero-order valence-corrected chi connectivity index (χ0v) is 17.8. The van der Waals surface area contributed by atoms with E-state index in [1.165, 1.54) is 19.3 Å². The standard InChI is InChI=1S/C8H13NO.C5H5.C2H7Si.2ClH.Zr/c9-8(10)7-4-5-1-2-6(7)3-5;1-2-4-5-3-1;1-3-2;;;/h5-7H,1-4H2,(H2,9,10);1-5H;3H,1-2H3;2*1H;/q;-1;;;;+4/p-3. The van der Waals surface area contributed by atoms with Gasteiger partial charge in [-0.3, -0.25) is 0 Å². The van der Waals surface area contributed by atoms with Crippen LogP contribution in [0.3, 0.4) is 0 Å². The maximum absolute atomic E-state index is 10.7. The second-order valence-corrected chi connectivity index (χ2v) is 6.34. The number of nitrogens with one attached hydrogen (secondary N) is 1. The molecule has 6 heteroatoms. The molecule has 2 nitrogen and oxygen atoms in total. The second kappa shape index (κ2) is 15.4. The molecule has 2 saturated carbocycles. The fourth-order valence-corrected chi connectivity index (χ4v) is 2.89. The summed E-state index contributed by atoms with van der Waals surface area (Å²) >= 11 is 0. The molecule has 3 rings (SSSR count). The van der Waals surface area contributed by atoms with E-state index in [0.717, 1.165) is 21.9 Å². The van der Waals surface area contributed by atoms with Crippen LogP contribution in [-0.2, 0) is 31.0 Å². The number of carbonyl (C=O) groups excluding carboxylic acids is 1. The third-order valence-corrected chi connectivity index (χ3v) is 3.63. The molecule has 3 atom stereocenters. The summed E-state index contributed by atoms with van der Waals surface area (Å²) in [7, 11) is 0.750. The number of hydrogen-bond donors (Lipinski definition) is 0. The Morgan fingerprint density at radius 2 is 1.67 bits per heavy atom. The minimum absolute atomic E-state index is 0. The van der Waals surface area contributed by atoms with Gasteiger partial charge in [-0.25, -0.2) is 12.1 Å². The topological polar surface area (TPSA) is 40.9 Å². The van der Waals surface area contributed by atoms with Gasteiger partial charge in [0.15, 0.2) is 0 Å². The molecule has 1 aromatic carbocycles. The maximum Gasteiger partial charge on any atom is 4.00 e. The smallest absolute Gasteiger partial charge is 1.00 e. The van der Waals surface area contributed by atoms with Crippen molar-refractivity contribution in [2.75, 3.05) is 0 Å². The predicted octanol–water partition coefficient (Wildman–Crippen LogP) is -2.07. The molecule has 2 aliphatic rings. The number of rotatable bonds is 1. The van der Waals surface area contributed by atoms with Crippen molar-refractivity contribution in [3.05, 3.63) is 36.1 Å². The van der Waals surface area contributed by atoms with Crippen LogP contribution < -0.4 is 24.8 Å². The predicted molar refractivity (Wildman–Crippen MR) is 79.2 cm³/mol. The average molecular weight is 425 g/mol. The molecule has 0 heterocycles. The van der Waals surface area contributed by atoms with Crippen LogP contribution in [0.4, 0.5) is 0 Å². The van der Waals surface area contributed by atoms with E-state index in [-0.39, 0.29) is 62.8 Å². The third-order valence-electron chi connectivity index (χ3n) is 3.63. The number of carbonyl (C=O) groups is 1. The Bertz CT molecular complexity index is 321. The Morgan fingerprint density at radius 1 is 1.14 bits per heavy atom. The Kier molecular flexibility index (Phi) is 19.4. The largest absolute Gasteiger partial charge is 4.00 e. The van der Waals surface area contributed by atoms with Crippen LogP contribution in [0.5, 0.6) is 0 Å². The molecule has 3 unspecified atom stereocenters. The van der Waals surface area contributed by atoms with Crippen LogP contribution in [0, 0.1) is 17.8 Å². The van der Waals surface area contributed by atoms with E-state index in [4.69, 9.17) is 5.73 Å². The minimum Gasteiger partial charge on any atom is -1.00 e. The molecule has 0 saturated heterocycles. The summed E-state index contributed by atoms with van der Waals surface area (Å²) in [6.07, 6.45) is 4.77. The van der Waals surface area contributed by atoms with Crippen molar-refractivity contribution in [2.24, 2.45) is 17.8 Å². The van der Waals surface area contributed by atoms with Crippen LogP contribution >= 0.6 is 0 Å². The van der Waals surface area contributed by atoms with Crippen LogP contribution in [0.2, 0.25) is 13.1 Å². The summed E-state index contributed by atoms with van der Waals surface area (Å²) in [5, 5.41) is 0. The first-order valence-corrected chi connectivity index (χ1v) is 9.16. The van der Waals surface area contributed by atoms with Gasteiger partial charge in [-0.1, -0.05) is 19.5 Å². The molecule has 117 valence electrons. The van der Waals surface area contributed by atoms with E-state index in [0.29, 0.717) is 5.92 Å². The van der Waals surface area contributed by atoms with Gasteiger partial charge in [0, 0.05) is 15.4 Å². The fourth-order valence-electron chi connectivity index (χ4n) is 2.89. The van der Waals surface area contributed by atoms with E-state index in [9.17, 15) is 4.79 Å². The summed E-state index contributed by atoms with van der Waals surface area (Å²) in [5.41, 5.74) is 6.99. The molecule has 1 N–H and O–H groups in total. The van der Waals surface area contributed by atoms with Crippen molar-refractivity contribution in [3.63, 3.8) is 0 Å². The number of hydrogen-bond acceptors (Lipinski definition) is 1. The third kappa shape index (κ3) is 9.99. The van der Waals surface area contributed by atoms with Crippen molar-refractivity contribution in [2.45, 2.75) is 38.8 Å². The molecule has 0 aliphatic heterocycles. The van der Waals surface area contributed by atoms with E-state index < -0.39 is 0 Å². The Hall–Kier alpha value is 0.500. The average Bonchev–Trinajstić information content (AvgIpc) is 3.09. The molecule has 21 heavy (non-hydrogen) atoms. The zero-order valence-electron chi connectivity index (χ0n) is 12.7. The Morgan fingerprint density at radius 3 is 1.86 bits per heavy atom. The molecule has 2 fully saturated rings. The van der Waals surface area contributed by atoms with Crippen molar-refractivity contribution in [3.8, 4) is 0 Å². The van der Waals surface area contributed by atoms with Gasteiger partial charge >= 0.3 is 26.2 Å². The molecule has 0 spiro atoms. The second-order valence-electron chi connectivity index (χ2n) is 5.19. The van der Waals surface area contributed by atoms with E-state index in [1.54, 1.807) is 0 Å². The summed E-state index contributed by atoms with van der Waals surface area (Å²) < 4.78 is 0. The summed E-state index contributed by atoms with van der Waals surface area (Å²) in [5.74, 6) is 1.20. The first-order chi connectivity index (χ1) is 8.69. The molecule has 1 amide bonds.